The third-order valence-electron chi connectivity index (χ3n) is 2.21. The van der Waals surface area contributed by atoms with Crippen molar-refractivity contribution in [1.29, 1.82) is 0 Å². The summed E-state index contributed by atoms with van der Waals surface area (Å²) in [6.45, 7) is 2.55. The Bertz CT molecular complexity index is 351. The number of hydrogen-bond acceptors (Lipinski definition) is 4. The highest BCUT2D eigenvalue weighted by Crippen LogP contribution is 2.34. The molecule has 0 aliphatic heterocycles. The Kier molecular flexibility index (Phi) is 7.85. The molecule has 0 aliphatic rings. The number of methoxy groups -OCH3 is 1. The van der Waals surface area contributed by atoms with Crippen LogP contribution in [0.15, 0.2) is 21.1 Å². The summed E-state index contributed by atoms with van der Waals surface area (Å²) in [6.07, 6.45) is 0. The van der Waals surface area contributed by atoms with Crippen molar-refractivity contribution in [2.45, 2.75) is 6.54 Å². The number of aliphatic hydroxyl groups excluding tert-OH is 1. The number of benzene rings is 1. The minimum atomic E-state index is -0.000789. The molecule has 0 saturated carbocycles. The molecule has 102 valence electrons. The van der Waals surface area contributed by atoms with E-state index in [0.717, 1.165) is 27.6 Å². The minimum absolute atomic E-state index is 0.000789. The first-order valence-electron chi connectivity index (χ1n) is 5.60. The molecule has 1 rings (SSSR count). The standard InChI is InChI=1S/C12H17Br2NO3/c1-17-4-2-15-8-9-6-10(13)12(11(14)7-9)18-5-3-16/h6-7,15-16H,2-5,8H2,1H3. The second-order valence-electron chi connectivity index (χ2n) is 3.63. The van der Waals surface area contributed by atoms with E-state index in [9.17, 15) is 0 Å². The number of halogens is 2. The first-order valence-corrected chi connectivity index (χ1v) is 7.19. The minimum Gasteiger partial charge on any atom is -0.489 e. The second kappa shape index (κ2) is 8.87. The third kappa shape index (κ3) is 5.24. The highest BCUT2D eigenvalue weighted by atomic mass is 79.9. The molecule has 0 aliphatic carbocycles. The first-order chi connectivity index (χ1) is 8.69. The average molecular weight is 383 g/mol. The molecule has 0 unspecified atom stereocenters. The lowest BCUT2D eigenvalue weighted by atomic mass is 10.2. The van der Waals surface area contributed by atoms with Gasteiger partial charge in [-0.1, -0.05) is 0 Å². The Morgan fingerprint density at radius 1 is 1.22 bits per heavy atom. The fraction of sp³-hybridized carbons (Fsp3) is 0.500. The molecule has 0 aromatic heterocycles. The van der Waals surface area contributed by atoms with Gasteiger partial charge in [0.1, 0.15) is 12.4 Å². The highest BCUT2D eigenvalue weighted by molar-refractivity contribution is 9.11. The van der Waals surface area contributed by atoms with E-state index in [0.29, 0.717) is 12.4 Å². The second-order valence-corrected chi connectivity index (χ2v) is 5.34. The van der Waals surface area contributed by atoms with Gasteiger partial charge in [-0.05, 0) is 49.6 Å². The van der Waals surface area contributed by atoms with Crippen molar-refractivity contribution in [2.75, 3.05) is 33.5 Å². The van der Waals surface area contributed by atoms with Crippen LogP contribution in [-0.4, -0.2) is 38.6 Å². The number of rotatable bonds is 8. The van der Waals surface area contributed by atoms with Crippen molar-refractivity contribution in [1.82, 2.24) is 5.32 Å². The van der Waals surface area contributed by atoms with Crippen LogP contribution in [0, 0.1) is 0 Å². The van der Waals surface area contributed by atoms with Crippen molar-refractivity contribution < 1.29 is 14.6 Å². The van der Waals surface area contributed by atoms with Crippen LogP contribution < -0.4 is 10.1 Å². The lowest BCUT2D eigenvalue weighted by Gasteiger charge is -2.12. The summed E-state index contributed by atoms with van der Waals surface area (Å²) >= 11 is 6.92. The zero-order valence-electron chi connectivity index (χ0n) is 10.2. The van der Waals surface area contributed by atoms with Crippen molar-refractivity contribution in [3.8, 4) is 5.75 Å². The molecule has 18 heavy (non-hydrogen) atoms. The topological polar surface area (TPSA) is 50.7 Å². The van der Waals surface area contributed by atoms with Crippen LogP contribution in [0.4, 0.5) is 0 Å². The van der Waals surface area contributed by atoms with Crippen LogP contribution in [-0.2, 0) is 11.3 Å². The molecule has 2 N–H and O–H groups in total. The van der Waals surface area contributed by atoms with Crippen LogP contribution in [0.1, 0.15) is 5.56 Å². The van der Waals surface area contributed by atoms with Crippen LogP contribution in [0.5, 0.6) is 5.75 Å². The number of nitrogens with one attached hydrogen (secondary N) is 1. The Labute approximate surface area is 124 Å². The quantitative estimate of drug-likeness (QED) is 0.677. The van der Waals surface area contributed by atoms with Gasteiger partial charge in [-0.15, -0.1) is 0 Å². The SMILES string of the molecule is COCCNCc1cc(Br)c(OCCO)c(Br)c1. The van der Waals surface area contributed by atoms with Crippen molar-refractivity contribution in [2.24, 2.45) is 0 Å². The van der Waals surface area contributed by atoms with E-state index in [-0.39, 0.29) is 13.2 Å². The van der Waals surface area contributed by atoms with E-state index in [1.165, 1.54) is 0 Å². The normalized spacial score (nSPS) is 10.7. The fourth-order valence-electron chi connectivity index (χ4n) is 1.41. The predicted octanol–water partition coefficient (Wildman–Crippen LogP) is 2.32. The Balaban J connectivity index is 2.61. The zero-order chi connectivity index (χ0) is 13.4. The summed E-state index contributed by atoms with van der Waals surface area (Å²) in [5.41, 5.74) is 1.14. The lowest BCUT2D eigenvalue weighted by Crippen LogP contribution is -2.18. The van der Waals surface area contributed by atoms with Crippen LogP contribution in [0.2, 0.25) is 0 Å². The summed E-state index contributed by atoms with van der Waals surface area (Å²) in [7, 11) is 1.68. The maximum atomic E-state index is 8.75. The van der Waals surface area contributed by atoms with Crippen molar-refractivity contribution >= 4 is 31.9 Å². The van der Waals surface area contributed by atoms with Crippen LogP contribution >= 0.6 is 31.9 Å². The Morgan fingerprint density at radius 2 is 1.89 bits per heavy atom. The van der Waals surface area contributed by atoms with Gasteiger partial charge < -0.3 is 19.9 Å². The molecular formula is C12H17Br2NO3. The summed E-state index contributed by atoms with van der Waals surface area (Å²) in [5, 5.41) is 12.0. The lowest BCUT2D eigenvalue weighted by molar-refractivity contribution is 0.199. The van der Waals surface area contributed by atoms with Gasteiger partial charge in [-0.2, -0.15) is 0 Å². The maximum absolute atomic E-state index is 8.75. The van der Waals surface area contributed by atoms with E-state index in [1.807, 2.05) is 12.1 Å². The molecule has 6 heteroatoms. The van der Waals surface area contributed by atoms with Gasteiger partial charge in [0.15, 0.2) is 0 Å². The molecule has 1 aromatic carbocycles. The summed E-state index contributed by atoms with van der Waals surface area (Å²) in [4.78, 5) is 0. The number of aliphatic hydroxyl groups is 1. The summed E-state index contributed by atoms with van der Waals surface area (Å²) in [5.74, 6) is 0.713. The molecule has 0 radical (unpaired) electrons. The fourth-order valence-corrected chi connectivity index (χ4v) is 2.92. The Morgan fingerprint density at radius 3 is 2.44 bits per heavy atom. The largest absolute Gasteiger partial charge is 0.489 e. The van der Waals surface area contributed by atoms with Gasteiger partial charge in [0.25, 0.3) is 0 Å². The van der Waals surface area contributed by atoms with Crippen LogP contribution in [0.25, 0.3) is 0 Å². The monoisotopic (exact) mass is 381 g/mol. The molecule has 0 heterocycles. The molecule has 4 nitrogen and oxygen atoms in total. The zero-order valence-corrected chi connectivity index (χ0v) is 13.4. The average Bonchev–Trinajstić information content (AvgIpc) is 2.34. The van der Waals surface area contributed by atoms with Crippen molar-refractivity contribution in [3.63, 3.8) is 0 Å². The van der Waals surface area contributed by atoms with E-state index >= 15 is 0 Å². The van der Waals surface area contributed by atoms with E-state index in [2.05, 4.69) is 37.2 Å². The highest BCUT2D eigenvalue weighted by Gasteiger charge is 2.08. The number of hydrogen-bond donors (Lipinski definition) is 2. The van der Waals surface area contributed by atoms with Crippen molar-refractivity contribution in [3.05, 3.63) is 26.6 Å². The molecule has 0 atom stereocenters. The molecule has 0 saturated heterocycles. The molecular weight excluding hydrogens is 366 g/mol. The maximum Gasteiger partial charge on any atom is 0.147 e. The molecule has 0 amide bonds. The smallest absolute Gasteiger partial charge is 0.147 e. The van der Waals surface area contributed by atoms with Gasteiger partial charge in [-0.25, -0.2) is 0 Å². The molecule has 0 bridgehead atoms. The van der Waals surface area contributed by atoms with Gasteiger partial charge in [-0.3, -0.25) is 0 Å². The molecule has 1 aromatic rings. The van der Waals surface area contributed by atoms with E-state index in [4.69, 9.17) is 14.6 Å². The van der Waals surface area contributed by atoms with Gasteiger partial charge >= 0.3 is 0 Å². The molecule has 0 spiro atoms. The van der Waals surface area contributed by atoms with Gasteiger partial charge in [0.2, 0.25) is 0 Å². The Hall–Kier alpha value is -0.140. The number of ether oxygens (including phenoxy) is 2. The van der Waals surface area contributed by atoms with Crippen LogP contribution in [0.3, 0.4) is 0 Å². The predicted molar refractivity (Wildman–Crippen MR) is 78.0 cm³/mol. The van der Waals surface area contributed by atoms with E-state index < -0.39 is 0 Å². The first kappa shape index (κ1) is 15.9. The van der Waals surface area contributed by atoms with E-state index in [1.54, 1.807) is 7.11 Å². The summed E-state index contributed by atoms with van der Waals surface area (Å²) in [6, 6.07) is 3.99. The third-order valence-corrected chi connectivity index (χ3v) is 3.39. The van der Waals surface area contributed by atoms with Gasteiger partial charge in [0, 0.05) is 20.2 Å². The summed E-state index contributed by atoms with van der Waals surface area (Å²) < 4.78 is 12.1. The molecule has 0 fully saturated rings. The van der Waals surface area contributed by atoms with Gasteiger partial charge in [0.05, 0.1) is 22.2 Å².